The van der Waals surface area contributed by atoms with Crippen LogP contribution >= 0.6 is 23.4 Å². The molecule has 0 fully saturated rings. The average Bonchev–Trinajstić information content (AvgIpc) is 2.52. The number of nitrogen functional groups attached to an aromatic ring is 1. The van der Waals surface area contributed by atoms with Crippen LogP contribution in [-0.2, 0) is 0 Å². The summed E-state index contributed by atoms with van der Waals surface area (Å²) in [5, 5.41) is 12.9. The van der Waals surface area contributed by atoms with Gasteiger partial charge in [-0.25, -0.2) is 0 Å². The van der Waals surface area contributed by atoms with E-state index in [0.29, 0.717) is 16.8 Å². The van der Waals surface area contributed by atoms with Crippen molar-refractivity contribution in [2.45, 2.75) is 37.1 Å². The van der Waals surface area contributed by atoms with Gasteiger partial charge in [-0.3, -0.25) is 4.79 Å². The van der Waals surface area contributed by atoms with Crippen LogP contribution in [0.4, 0.5) is 24.5 Å². The third kappa shape index (κ3) is 5.01. The molecule has 0 heterocycles. The minimum Gasteiger partial charge on any atom is -0.507 e. The Bertz CT molecular complexity index is 886. The number of hydrogen-bond acceptors (Lipinski definition) is 4. The number of thioether (sulfide) groups is 1. The van der Waals surface area contributed by atoms with Crippen molar-refractivity contribution < 1.29 is 23.1 Å². The highest BCUT2D eigenvalue weighted by molar-refractivity contribution is 8.00. The molecule has 2 aromatic carbocycles. The highest BCUT2D eigenvalue weighted by atomic mass is 35.5. The summed E-state index contributed by atoms with van der Waals surface area (Å²) in [7, 11) is 0. The number of benzene rings is 2. The van der Waals surface area contributed by atoms with Crippen LogP contribution in [0.2, 0.25) is 5.02 Å². The summed E-state index contributed by atoms with van der Waals surface area (Å²) in [6.45, 7) is 5.29. The second-order valence-corrected chi connectivity index (χ2v) is 7.75. The van der Waals surface area contributed by atoms with Crippen LogP contribution in [0, 0.1) is 6.92 Å². The summed E-state index contributed by atoms with van der Waals surface area (Å²) in [6, 6.07) is 5.20. The molecule has 2 aromatic rings. The van der Waals surface area contributed by atoms with Crippen molar-refractivity contribution in [3.63, 3.8) is 0 Å². The van der Waals surface area contributed by atoms with Gasteiger partial charge >= 0.3 is 5.51 Å². The van der Waals surface area contributed by atoms with Crippen LogP contribution in [-0.4, -0.2) is 16.5 Å². The molecule has 0 unspecified atom stereocenters. The lowest BCUT2D eigenvalue weighted by Crippen LogP contribution is -2.16. The van der Waals surface area contributed by atoms with Gasteiger partial charge in [-0.1, -0.05) is 25.4 Å². The first-order valence-electron chi connectivity index (χ1n) is 7.89. The number of carbonyl (C=O) groups excluding carboxylic acids is 1. The zero-order chi connectivity index (χ0) is 20.5. The molecule has 0 aliphatic heterocycles. The number of halogens is 4. The molecule has 0 spiro atoms. The van der Waals surface area contributed by atoms with Gasteiger partial charge in [-0.2, -0.15) is 13.2 Å². The number of aromatic hydroxyl groups is 1. The largest absolute Gasteiger partial charge is 0.507 e. The SMILES string of the molecule is Cc1c(N)cc(C(C)C)c(O)c1C(=O)Nc1ccc(SC(F)(F)F)cc1Cl. The van der Waals surface area contributed by atoms with Gasteiger partial charge in [0.05, 0.1) is 16.3 Å². The Kier molecular flexibility index (Phi) is 6.21. The standard InChI is InChI=1S/C18H18ClF3N2O2S/c1-8(2)11-7-13(23)9(3)15(16(11)25)17(26)24-14-5-4-10(6-12(14)19)27-18(20,21)22/h4-8,25H,23H2,1-3H3,(H,24,26). The van der Waals surface area contributed by atoms with E-state index in [4.69, 9.17) is 17.3 Å². The number of alkyl halides is 3. The van der Waals surface area contributed by atoms with E-state index >= 15 is 0 Å². The van der Waals surface area contributed by atoms with E-state index in [2.05, 4.69) is 5.32 Å². The fraction of sp³-hybridized carbons (Fsp3) is 0.278. The zero-order valence-corrected chi connectivity index (χ0v) is 16.3. The molecule has 4 nitrogen and oxygen atoms in total. The predicted molar refractivity (Wildman–Crippen MR) is 103 cm³/mol. The van der Waals surface area contributed by atoms with Crippen molar-refractivity contribution in [3.8, 4) is 5.75 Å². The molecule has 4 N–H and O–H groups in total. The minimum absolute atomic E-state index is 0.00325. The summed E-state index contributed by atoms with van der Waals surface area (Å²) < 4.78 is 37.3. The Hall–Kier alpha value is -2.06. The van der Waals surface area contributed by atoms with Crippen LogP contribution in [0.5, 0.6) is 5.75 Å². The number of amides is 1. The second kappa shape index (κ2) is 7.90. The Morgan fingerprint density at radius 2 is 1.93 bits per heavy atom. The number of anilines is 2. The Balaban J connectivity index is 2.36. The lowest BCUT2D eigenvalue weighted by atomic mass is 9.94. The fourth-order valence-corrected chi connectivity index (χ4v) is 3.38. The lowest BCUT2D eigenvalue weighted by molar-refractivity contribution is -0.0328. The van der Waals surface area contributed by atoms with Gasteiger partial charge in [0, 0.05) is 10.6 Å². The maximum absolute atomic E-state index is 12.7. The molecule has 0 radical (unpaired) electrons. The van der Waals surface area contributed by atoms with Crippen molar-refractivity contribution in [2.75, 3.05) is 11.1 Å². The first-order chi connectivity index (χ1) is 12.4. The Labute approximate surface area is 163 Å². The van der Waals surface area contributed by atoms with Crippen LogP contribution in [0.15, 0.2) is 29.2 Å². The molecular weight excluding hydrogens is 401 g/mol. The smallest absolute Gasteiger partial charge is 0.446 e. The quantitative estimate of drug-likeness (QED) is 0.327. The first-order valence-corrected chi connectivity index (χ1v) is 9.08. The Morgan fingerprint density at radius 3 is 2.44 bits per heavy atom. The van der Waals surface area contributed by atoms with Crippen molar-refractivity contribution in [1.29, 1.82) is 0 Å². The van der Waals surface area contributed by atoms with E-state index in [1.54, 1.807) is 13.0 Å². The van der Waals surface area contributed by atoms with Gasteiger partial charge in [0.2, 0.25) is 0 Å². The van der Waals surface area contributed by atoms with Crippen LogP contribution in [0.25, 0.3) is 0 Å². The van der Waals surface area contributed by atoms with Gasteiger partial charge in [0.25, 0.3) is 5.91 Å². The molecule has 0 atom stereocenters. The molecule has 9 heteroatoms. The predicted octanol–water partition coefficient (Wildman–Crippen LogP) is 5.92. The van der Waals surface area contributed by atoms with E-state index < -0.39 is 11.4 Å². The average molecular weight is 419 g/mol. The van der Waals surface area contributed by atoms with Crippen LogP contribution < -0.4 is 11.1 Å². The number of phenols is 1. The third-order valence-corrected chi connectivity index (χ3v) is 4.93. The summed E-state index contributed by atoms with van der Waals surface area (Å²) in [5.74, 6) is -0.909. The van der Waals surface area contributed by atoms with E-state index in [1.165, 1.54) is 12.1 Å². The normalized spacial score (nSPS) is 11.7. The third-order valence-electron chi connectivity index (χ3n) is 3.90. The number of carbonyl (C=O) groups is 1. The molecule has 146 valence electrons. The molecule has 27 heavy (non-hydrogen) atoms. The second-order valence-electron chi connectivity index (χ2n) is 6.20. The number of nitrogens with two attached hydrogens (primary N) is 1. The number of rotatable bonds is 4. The fourth-order valence-electron chi connectivity index (χ4n) is 2.51. The van der Waals surface area contributed by atoms with Gasteiger partial charge in [0.15, 0.2) is 0 Å². The van der Waals surface area contributed by atoms with E-state index in [9.17, 15) is 23.1 Å². The molecule has 0 aromatic heterocycles. The zero-order valence-electron chi connectivity index (χ0n) is 14.7. The molecular formula is C18H18ClF3N2O2S. The topological polar surface area (TPSA) is 75.3 Å². The molecule has 0 aliphatic rings. The molecule has 1 amide bonds. The van der Waals surface area contributed by atoms with E-state index in [1.807, 2.05) is 13.8 Å². The summed E-state index contributed by atoms with van der Waals surface area (Å²) in [6.07, 6.45) is 0. The van der Waals surface area contributed by atoms with Crippen molar-refractivity contribution in [2.24, 2.45) is 0 Å². The molecule has 2 rings (SSSR count). The number of phenolic OH excluding ortho intramolecular Hbond substituents is 1. The molecule has 0 saturated heterocycles. The number of hydrogen-bond donors (Lipinski definition) is 3. The molecule has 0 saturated carbocycles. The van der Waals surface area contributed by atoms with Crippen molar-refractivity contribution >= 4 is 40.6 Å². The minimum atomic E-state index is -4.44. The first kappa shape index (κ1) is 21.2. The van der Waals surface area contributed by atoms with Crippen molar-refractivity contribution in [3.05, 3.63) is 46.0 Å². The maximum Gasteiger partial charge on any atom is 0.446 e. The highest BCUT2D eigenvalue weighted by Gasteiger charge is 2.29. The van der Waals surface area contributed by atoms with Crippen LogP contribution in [0.1, 0.15) is 41.3 Å². The maximum atomic E-state index is 12.7. The van der Waals surface area contributed by atoms with Gasteiger partial charge < -0.3 is 16.2 Å². The highest BCUT2D eigenvalue weighted by Crippen LogP contribution is 2.40. The summed E-state index contributed by atoms with van der Waals surface area (Å²) in [5.41, 5.74) is 2.90. The molecule has 0 aliphatic carbocycles. The van der Waals surface area contributed by atoms with E-state index in [-0.39, 0.29) is 44.6 Å². The monoisotopic (exact) mass is 418 g/mol. The summed E-state index contributed by atoms with van der Waals surface area (Å²) >= 11 is 5.70. The number of nitrogens with one attached hydrogen (secondary N) is 1. The van der Waals surface area contributed by atoms with Gasteiger partial charge in [-0.15, -0.1) is 0 Å². The molecule has 0 bridgehead atoms. The van der Waals surface area contributed by atoms with Crippen molar-refractivity contribution in [1.82, 2.24) is 0 Å². The van der Waals surface area contributed by atoms with Gasteiger partial charge in [-0.05, 0) is 60.0 Å². The van der Waals surface area contributed by atoms with Crippen LogP contribution in [0.3, 0.4) is 0 Å². The lowest BCUT2D eigenvalue weighted by Gasteiger charge is -2.17. The van der Waals surface area contributed by atoms with Gasteiger partial charge in [0.1, 0.15) is 5.75 Å². The van der Waals surface area contributed by atoms with E-state index in [0.717, 1.165) is 6.07 Å². The Morgan fingerprint density at radius 1 is 1.30 bits per heavy atom. The summed E-state index contributed by atoms with van der Waals surface area (Å²) in [4.78, 5) is 12.6.